The number of hydrogen-bond acceptors (Lipinski definition) is 6. The maximum Gasteiger partial charge on any atom is 0.258 e. The van der Waals surface area contributed by atoms with Crippen LogP contribution in [0.15, 0.2) is 24.3 Å². The molecule has 1 amide bonds. The van der Waals surface area contributed by atoms with E-state index in [2.05, 4.69) is 15.6 Å². The molecule has 0 spiro atoms. The van der Waals surface area contributed by atoms with Gasteiger partial charge in [0, 0.05) is 17.6 Å². The number of carbonyl (C=O) groups is 1. The number of anilines is 1. The smallest absolute Gasteiger partial charge is 0.258 e. The summed E-state index contributed by atoms with van der Waals surface area (Å²) in [5, 5.41) is 6.80. The molecular formula is C18H23N3O3S. The van der Waals surface area contributed by atoms with Gasteiger partial charge in [-0.3, -0.25) is 10.1 Å². The van der Waals surface area contributed by atoms with Crippen LogP contribution in [0, 0.1) is 6.92 Å². The van der Waals surface area contributed by atoms with Crippen molar-refractivity contribution in [2.45, 2.75) is 25.4 Å². The molecular weight excluding hydrogens is 338 g/mol. The molecule has 7 heteroatoms. The number of ether oxygens (including phenoxy) is 2. The molecule has 1 aliphatic heterocycles. The number of aryl methyl sites for hydroxylation is 1. The number of aromatic nitrogens is 1. The van der Waals surface area contributed by atoms with Crippen molar-refractivity contribution in [2.24, 2.45) is 0 Å². The first kappa shape index (κ1) is 17.8. The van der Waals surface area contributed by atoms with Gasteiger partial charge >= 0.3 is 0 Å². The van der Waals surface area contributed by atoms with Gasteiger partial charge in [0.05, 0.1) is 12.8 Å². The fourth-order valence-corrected chi connectivity index (χ4v) is 3.86. The Balaban J connectivity index is 1.78. The van der Waals surface area contributed by atoms with Gasteiger partial charge in [0.25, 0.3) is 5.91 Å². The van der Waals surface area contributed by atoms with Crippen LogP contribution >= 0.6 is 11.3 Å². The first-order valence-electron chi connectivity index (χ1n) is 8.27. The van der Waals surface area contributed by atoms with Crippen molar-refractivity contribution in [2.75, 3.05) is 32.6 Å². The number of methoxy groups -OCH3 is 2. The number of piperidine rings is 1. The number of rotatable bonds is 5. The first-order valence-corrected chi connectivity index (χ1v) is 9.09. The van der Waals surface area contributed by atoms with Gasteiger partial charge in [0.15, 0.2) is 5.13 Å². The first-order chi connectivity index (χ1) is 12.1. The molecule has 6 nitrogen and oxygen atoms in total. The Morgan fingerprint density at radius 2 is 1.92 bits per heavy atom. The van der Waals surface area contributed by atoms with Gasteiger partial charge < -0.3 is 14.8 Å². The lowest BCUT2D eigenvalue weighted by Gasteiger charge is -2.34. The SMILES string of the molecule is COc1ccc(-c2nc(NC(=O)C3(OC)CCNCC3)sc2C)cc1. The van der Waals surface area contributed by atoms with Gasteiger partial charge in [-0.15, -0.1) is 11.3 Å². The third-order valence-corrected chi connectivity index (χ3v) is 5.48. The Morgan fingerprint density at radius 1 is 1.24 bits per heavy atom. The molecule has 1 aromatic carbocycles. The Hall–Kier alpha value is -1.96. The second-order valence-corrected chi connectivity index (χ2v) is 7.26. The minimum absolute atomic E-state index is 0.119. The van der Waals surface area contributed by atoms with Gasteiger partial charge in [-0.05, 0) is 57.1 Å². The summed E-state index contributed by atoms with van der Waals surface area (Å²) in [4.78, 5) is 18.4. The molecule has 0 atom stereocenters. The molecule has 25 heavy (non-hydrogen) atoms. The highest BCUT2D eigenvalue weighted by molar-refractivity contribution is 7.16. The zero-order valence-electron chi connectivity index (χ0n) is 14.7. The number of benzene rings is 1. The van der Waals surface area contributed by atoms with Crippen LogP contribution in [0.3, 0.4) is 0 Å². The molecule has 0 aliphatic carbocycles. The molecule has 1 aliphatic rings. The third-order valence-electron chi connectivity index (χ3n) is 4.60. The second kappa shape index (κ2) is 7.51. The molecule has 134 valence electrons. The van der Waals surface area contributed by atoms with Crippen LogP contribution in [0.4, 0.5) is 5.13 Å². The molecule has 2 heterocycles. The predicted octanol–water partition coefficient (Wildman–Crippen LogP) is 2.83. The van der Waals surface area contributed by atoms with E-state index in [-0.39, 0.29) is 5.91 Å². The van der Waals surface area contributed by atoms with E-state index < -0.39 is 5.60 Å². The highest BCUT2D eigenvalue weighted by Crippen LogP contribution is 2.32. The van der Waals surface area contributed by atoms with Crippen LogP contribution in [0.2, 0.25) is 0 Å². The van der Waals surface area contributed by atoms with E-state index >= 15 is 0 Å². The molecule has 1 aromatic heterocycles. The lowest BCUT2D eigenvalue weighted by molar-refractivity contribution is -0.140. The molecule has 3 rings (SSSR count). The van der Waals surface area contributed by atoms with E-state index in [4.69, 9.17) is 9.47 Å². The van der Waals surface area contributed by atoms with Crippen LogP contribution in [0.5, 0.6) is 5.75 Å². The molecule has 0 bridgehead atoms. The van der Waals surface area contributed by atoms with E-state index in [1.807, 2.05) is 31.2 Å². The van der Waals surface area contributed by atoms with E-state index in [0.717, 1.165) is 35.0 Å². The quantitative estimate of drug-likeness (QED) is 0.857. The lowest BCUT2D eigenvalue weighted by atomic mass is 9.91. The Labute approximate surface area is 151 Å². The summed E-state index contributed by atoms with van der Waals surface area (Å²) < 4.78 is 10.8. The minimum Gasteiger partial charge on any atom is -0.497 e. The van der Waals surface area contributed by atoms with Crippen molar-refractivity contribution in [3.8, 4) is 17.0 Å². The molecule has 0 unspecified atom stereocenters. The monoisotopic (exact) mass is 361 g/mol. The molecule has 0 radical (unpaired) electrons. The normalized spacial score (nSPS) is 16.4. The number of nitrogens with zero attached hydrogens (tertiary/aromatic N) is 1. The van der Waals surface area contributed by atoms with Crippen LogP contribution in [0.1, 0.15) is 17.7 Å². The van der Waals surface area contributed by atoms with Crippen LogP contribution < -0.4 is 15.4 Å². The molecule has 0 saturated carbocycles. The predicted molar refractivity (Wildman–Crippen MR) is 99.3 cm³/mol. The molecule has 2 N–H and O–H groups in total. The van der Waals surface area contributed by atoms with E-state index in [1.54, 1.807) is 14.2 Å². The number of thiazole rings is 1. The highest BCUT2D eigenvalue weighted by Gasteiger charge is 2.40. The second-order valence-electron chi connectivity index (χ2n) is 6.05. The third kappa shape index (κ3) is 3.68. The van der Waals surface area contributed by atoms with E-state index in [9.17, 15) is 4.79 Å². The summed E-state index contributed by atoms with van der Waals surface area (Å²) in [5.74, 6) is 0.685. The molecule has 1 saturated heterocycles. The average Bonchev–Trinajstić information content (AvgIpc) is 3.02. The maximum absolute atomic E-state index is 12.7. The highest BCUT2D eigenvalue weighted by atomic mass is 32.1. The van der Waals surface area contributed by atoms with Crippen LogP contribution in [0.25, 0.3) is 11.3 Å². The summed E-state index contributed by atoms with van der Waals surface area (Å²) in [7, 11) is 3.24. The maximum atomic E-state index is 12.7. The lowest BCUT2D eigenvalue weighted by Crippen LogP contribution is -2.51. The largest absolute Gasteiger partial charge is 0.497 e. The fraction of sp³-hybridized carbons (Fsp3) is 0.444. The topological polar surface area (TPSA) is 72.5 Å². The summed E-state index contributed by atoms with van der Waals surface area (Å²) in [6.45, 7) is 3.55. The molecule has 1 fully saturated rings. The summed E-state index contributed by atoms with van der Waals surface area (Å²) in [5.41, 5.74) is 1.10. The van der Waals surface area contributed by atoms with E-state index in [0.29, 0.717) is 18.0 Å². The van der Waals surface area contributed by atoms with Crippen LogP contribution in [-0.4, -0.2) is 43.8 Å². The number of hydrogen-bond donors (Lipinski definition) is 2. The van der Waals surface area contributed by atoms with Crippen molar-refractivity contribution in [3.05, 3.63) is 29.1 Å². The number of nitrogens with one attached hydrogen (secondary N) is 2. The van der Waals surface area contributed by atoms with Gasteiger partial charge in [-0.1, -0.05) is 0 Å². The minimum atomic E-state index is -0.773. The number of carbonyl (C=O) groups excluding carboxylic acids is 1. The van der Waals surface area contributed by atoms with Crippen molar-refractivity contribution >= 4 is 22.4 Å². The van der Waals surface area contributed by atoms with E-state index in [1.165, 1.54) is 11.3 Å². The van der Waals surface area contributed by atoms with Gasteiger partial charge in [-0.2, -0.15) is 0 Å². The summed E-state index contributed by atoms with van der Waals surface area (Å²) in [6.07, 6.45) is 1.32. The average molecular weight is 361 g/mol. The Bertz CT molecular complexity index is 737. The zero-order valence-corrected chi connectivity index (χ0v) is 15.5. The zero-order chi connectivity index (χ0) is 17.9. The van der Waals surface area contributed by atoms with Crippen molar-refractivity contribution in [1.82, 2.24) is 10.3 Å². The summed E-state index contributed by atoms with van der Waals surface area (Å²) in [6, 6.07) is 7.74. The number of amides is 1. The van der Waals surface area contributed by atoms with Gasteiger partial charge in [0.2, 0.25) is 0 Å². The molecule has 2 aromatic rings. The van der Waals surface area contributed by atoms with Crippen molar-refractivity contribution in [3.63, 3.8) is 0 Å². The Kier molecular flexibility index (Phi) is 5.36. The fourth-order valence-electron chi connectivity index (χ4n) is 3.03. The van der Waals surface area contributed by atoms with Gasteiger partial charge in [0.1, 0.15) is 11.4 Å². The summed E-state index contributed by atoms with van der Waals surface area (Å²) >= 11 is 1.48. The van der Waals surface area contributed by atoms with Crippen molar-refractivity contribution in [1.29, 1.82) is 0 Å². The van der Waals surface area contributed by atoms with Crippen LogP contribution in [-0.2, 0) is 9.53 Å². The standard InChI is InChI=1S/C18H23N3O3S/c1-12-15(13-4-6-14(23-2)7-5-13)20-17(25-12)21-16(22)18(24-3)8-10-19-11-9-18/h4-7,19H,8-11H2,1-3H3,(H,20,21,22). The van der Waals surface area contributed by atoms with Gasteiger partial charge in [-0.25, -0.2) is 4.98 Å². The Morgan fingerprint density at radius 3 is 2.52 bits per heavy atom. The van der Waals surface area contributed by atoms with Crippen molar-refractivity contribution < 1.29 is 14.3 Å².